The first-order valence-electron chi connectivity index (χ1n) is 13.8. The topological polar surface area (TPSA) is 54.4 Å². The van der Waals surface area contributed by atoms with Gasteiger partial charge in [0.15, 0.2) is 0 Å². The molecule has 186 valence electrons. The molecule has 5 rings (SSSR count). The number of hydrogen-bond acceptors (Lipinski definition) is 3. The molecule has 5 fully saturated rings. The van der Waals surface area contributed by atoms with Crippen molar-refractivity contribution >= 4 is 11.6 Å². The van der Waals surface area contributed by atoms with Crippen molar-refractivity contribution in [1.82, 2.24) is 0 Å². The molecular weight excluding hydrogens is 408 g/mol. The van der Waals surface area contributed by atoms with Crippen molar-refractivity contribution in [3.05, 3.63) is 0 Å². The first-order chi connectivity index (χ1) is 15.1. The lowest BCUT2D eigenvalue weighted by molar-refractivity contribution is -0.276. The van der Waals surface area contributed by atoms with Gasteiger partial charge in [0.1, 0.15) is 11.6 Å². The van der Waals surface area contributed by atoms with Crippen molar-refractivity contribution in [2.24, 2.45) is 56.2 Å². The maximum atomic E-state index is 14.3. The second-order valence-corrected chi connectivity index (χ2v) is 15.3. The summed E-state index contributed by atoms with van der Waals surface area (Å²) in [7, 11) is 0. The predicted molar refractivity (Wildman–Crippen MR) is 132 cm³/mol. The second kappa shape index (κ2) is 6.74. The van der Waals surface area contributed by atoms with Crippen molar-refractivity contribution in [3.63, 3.8) is 0 Å². The second-order valence-electron chi connectivity index (χ2n) is 15.3. The SMILES string of the molecule is C[C@H]1C(=O)CC[C@@H]2[C@]1(C)CC[C@H]1[C@@]2(C)C[C@H](O)[C@@]2(C)[C@@H]3CC(C)(C)CC[C@]3(C)CC(=O)[C@]12C. The van der Waals surface area contributed by atoms with E-state index in [1.54, 1.807) is 0 Å². The first kappa shape index (κ1) is 24.0. The summed E-state index contributed by atoms with van der Waals surface area (Å²) in [6.45, 7) is 18.6. The van der Waals surface area contributed by atoms with Crippen LogP contribution in [0.2, 0.25) is 0 Å². The molecule has 5 saturated carbocycles. The van der Waals surface area contributed by atoms with Crippen molar-refractivity contribution in [1.29, 1.82) is 0 Å². The van der Waals surface area contributed by atoms with Gasteiger partial charge in [-0.1, -0.05) is 55.4 Å². The van der Waals surface area contributed by atoms with Gasteiger partial charge in [-0.05, 0) is 84.4 Å². The van der Waals surface area contributed by atoms with Crippen LogP contribution in [0.1, 0.15) is 113 Å². The molecule has 10 atom stereocenters. The fourth-order valence-electron chi connectivity index (χ4n) is 11.1. The van der Waals surface area contributed by atoms with Crippen LogP contribution < -0.4 is 0 Å². The number of hydrogen-bond donors (Lipinski definition) is 1. The van der Waals surface area contributed by atoms with Gasteiger partial charge in [0, 0.05) is 29.6 Å². The van der Waals surface area contributed by atoms with E-state index in [0.29, 0.717) is 42.2 Å². The third kappa shape index (κ3) is 2.73. The average Bonchev–Trinajstić information content (AvgIpc) is 2.71. The smallest absolute Gasteiger partial charge is 0.140 e. The summed E-state index contributed by atoms with van der Waals surface area (Å²) in [4.78, 5) is 27.0. The molecule has 33 heavy (non-hydrogen) atoms. The van der Waals surface area contributed by atoms with E-state index in [4.69, 9.17) is 0 Å². The number of rotatable bonds is 0. The third-order valence-electron chi connectivity index (χ3n) is 13.5. The quantitative estimate of drug-likeness (QED) is 0.446. The fraction of sp³-hybridized carbons (Fsp3) is 0.933. The number of carbonyl (C=O) groups is 2. The van der Waals surface area contributed by atoms with Gasteiger partial charge in [-0.25, -0.2) is 0 Å². The highest BCUT2D eigenvalue weighted by Gasteiger charge is 2.76. The lowest BCUT2D eigenvalue weighted by Crippen LogP contribution is -2.74. The zero-order valence-electron chi connectivity index (χ0n) is 22.5. The van der Waals surface area contributed by atoms with Gasteiger partial charge >= 0.3 is 0 Å². The van der Waals surface area contributed by atoms with E-state index in [0.717, 1.165) is 38.5 Å². The summed E-state index contributed by atoms with van der Waals surface area (Å²) in [5.74, 6) is 1.97. The maximum absolute atomic E-state index is 14.3. The highest BCUT2D eigenvalue weighted by atomic mass is 16.3. The van der Waals surface area contributed by atoms with Crippen molar-refractivity contribution < 1.29 is 14.7 Å². The van der Waals surface area contributed by atoms with Crippen LogP contribution in [0.4, 0.5) is 0 Å². The molecule has 5 aliphatic carbocycles. The molecule has 3 nitrogen and oxygen atoms in total. The Balaban J connectivity index is 1.64. The molecule has 1 N–H and O–H groups in total. The Labute approximate surface area is 201 Å². The third-order valence-corrected chi connectivity index (χ3v) is 13.5. The van der Waals surface area contributed by atoms with E-state index >= 15 is 0 Å². The summed E-state index contributed by atoms with van der Waals surface area (Å²) in [5, 5.41) is 12.1. The van der Waals surface area contributed by atoms with Gasteiger partial charge in [-0.15, -0.1) is 0 Å². The van der Waals surface area contributed by atoms with Gasteiger partial charge in [0.25, 0.3) is 0 Å². The summed E-state index contributed by atoms with van der Waals surface area (Å²) < 4.78 is 0. The van der Waals surface area contributed by atoms with Crippen LogP contribution in [0.3, 0.4) is 0 Å². The molecule has 0 aromatic rings. The van der Waals surface area contributed by atoms with E-state index < -0.39 is 11.5 Å². The highest BCUT2D eigenvalue weighted by molar-refractivity contribution is 5.88. The number of aliphatic hydroxyl groups is 1. The number of aliphatic hydroxyl groups excluding tert-OH is 1. The van der Waals surface area contributed by atoms with Gasteiger partial charge < -0.3 is 5.11 Å². The van der Waals surface area contributed by atoms with Gasteiger partial charge in [0.2, 0.25) is 0 Å². The minimum Gasteiger partial charge on any atom is -0.392 e. The average molecular weight is 457 g/mol. The fourth-order valence-corrected chi connectivity index (χ4v) is 11.1. The van der Waals surface area contributed by atoms with Crippen molar-refractivity contribution in [3.8, 4) is 0 Å². The number of Topliss-reactive ketones (excluding diaryl/α,β-unsaturated/α-hetero) is 2. The normalized spacial score (nSPS) is 58.0. The molecule has 0 radical (unpaired) electrons. The predicted octanol–water partition coefficient (Wildman–Crippen LogP) is 6.61. The lowest BCUT2D eigenvalue weighted by Gasteiger charge is -2.74. The molecule has 5 aliphatic rings. The van der Waals surface area contributed by atoms with E-state index in [2.05, 4.69) is 55.4 Å². The molecule has 0 aromatic carbocycles. The summed E-state index contributed by atoms with van der Waals surface area (Å²) >= 11 is 0. The molecule has 0 saturated heterocycles. The van der Waals surface area contributed by atoms with Crippen LogP contribution in [-0.4, -0.2) is 22.8 Å². The number of ketones is 2. The van der Waals surface area contributed by atoms with E-state index in [-0.39, 0.29) is 33.0 Å². The largest absolute Gasteiger partial charge is 0.392 e. The van der Waals surface area contributed by atoms with Gasteiger partial charge in [-0.2, -0.15) is 0 Å². The molecular formula is C30H48O3. The van der Waals surface area contributed by atoms with Crippen LogP contribution in [-0.2, 0) is 9.59 Å². The molecule has 0 aromatic heterocycles. The molecule has 0 aliphatic heterocycles. The minimum absolute atomic E-state index is 0.00450. The van der Waals surface area contributed by atoms with E-state index in [9.17, 15) is 14.7 Å². The van der Waals surface area contributed by atoms with Gasteiger partial charge in [-0.3, -0.25) is 9.59 Å². The standard InChI is InChI=1S/C30H48O3/c1-18-19(31)9-10-20-27(18,5)12-11-21-28(20,6)17-24(33)30(8)22-15-25(2,3)13-14-26(22,4)16-23(32)29(21,30)7/h18,20-22,24,33H,9-17H2,1-8H3/t18-,20+,21-,22+,24-,26+,27+,28-,29-,30+/m0/s1. The molecule has 0 unspecified atom stereocenters. The first-order valence-corrected chi connectivity index (χ1v) is 13.8. The van der Waals surface area contributed by atoms with Crippen LogP contribution in [0.25, 0.3) is 0 Å². The Morgan fingerprint density at radius 2 is 1.45 bits per heavy atom. The summed E-state index contributed by atoms with van der Waals surface area (Å²) in [6, 6.07) is 0. The molecule has 0 amide bonds. The highest BCUT2D eigenvalue weighted by Crippen LogP contribution is 2.77. The molecule has 0 spiro atoms. The van der Waals surface area contributed by atoms with Crippen LogP contribution in [0.5, 0.6) is 0 Å². The lowest BCUT2D eigenvalue weighted by atomic mass is 9.29. The summed E-state index contributed by atoms with van der Waals surface area (Å²) in [6.07, 6.45) is 8.00. The van der Waals surface area contributed by atoms with Crippen LogP contribution >= 0.6 is 0 Å². The Morgan fingerprint density at radius 3 is 2.12 bits per heavy atom. The molecule has 0 heterocycles. The molecule has 0 bridgehead atoms. The zero-order valence-corrected chi connectivity index (χ0v) is 22.5. The maximum Gasteiger partial charge on any atom is 0.140 e. The Morgan fingerprint density at radius 1 is 0.788 bits per heavy atom. The number of fused-ring (bicyclic) bond motifs is 7. The van der Waals surface area contributed by atoms with Gasteiger partial charge in [0.05, 0.1) is 6.10 Å². The van der Waals surface area contributed by atoms with Crippen LogP contribution in [0, 0.1) is 56.2 Å². The minimum atomic E-state index is -0.497. The van der Waals surface area contributed by atoms with Crippen LogP contribution in [0.15, 0.2) is 0 Å². The Kier molecular flexibility index (Phi) is 4.90. The van der Waals surface area contributed by atoms with E-state index in [1.807, 2.05) is 0 Å². The Hall–Kier alpha value is -0.700. The van der Waals surface area contributed by atoms with E-state index in [1.165, 1.54) is 6.42 Å². The summed E-state index contributed by atoms with van der Waals surface area (Å²) in [5.41, 5.74) is -0.720. The monoisotopic (exact) mass is 456 g/mol. The number of carbonyl (C=O) groups excluding carboxylic acids is 2. The zero-order chi connectivity index (χ0) is 24.4. The van der Waals surface area contributed by atoms with Crippen molar-refractivity contribution in [2.75, 3.05) is 0 Å². The van der Waals surface area contributed by atoms with Crippen molar-refractivity contribution in [2.45, 2.75) is 119 Å². The molecule has 3 heteroatoms. The Bertz CT molecular complexity index is 891.